The van der Waals surface area contributed by atoms with Crippen molar-refractivity contribution in [3.8, 4) is 0 Å². The van der Waals surface area contributed by atoms with Gasteiger partial charge in [0.1, 0.15) is 11.6 Å². The summed E-state index contributed by atoms with van der Waals surface area (Å²) in [5.74, 6) is -0.188. The van der Waals surface area contributed by atoms with Crippen molar-refractivity contribution in [2.24, 2.45) is 11.7 Å². The van der Waals surface area contributed by atoms with E-state index in [0.29, 0.717) is 18.9 Å². The van der Waals surface area contributed by atoms with Crippen LogP contribution in [0, 0.1) is 5.92 Å². The molecule has 6 nitrogen and oxygen atoms in total. The number of primary amides is 1. The summed E-state index contributed by atoms with van der Waals surface area (Å²) in [6.07, 6.45) is 4.43. The molecule has 0 aliphatic carbocycles. The molecule has 134 valence electrons. The summed E-state index contributed by atoms with van der Waals surface area (Å²) in [5.41, 5.74) is 6.89. The molecule has 1 aliphatic rings. The smallest absolute Gasteiger partial charge is 0.226 e. The van der Waals surface area contributed by atoms with Gasteiger partial charge in [0.25, 0.3) is 0 Å². The lowest BCUT2D eigenvalue weighted by molar-refractivity contribution is -0.139. The number of nitrogens with two attached hydrogens (primary N) is 1. The van der Waals surface area contributed by atoms with Gasteiger partial charge in [0.15, 0.2) is 5.58 Å². The van der Waals surface area contributed by atoms with Gasteiger partial charge in [-0.05, 0) is 31.4 Å². The minimum atomic E-state index is -0.424. The maximum absolute atomic E-state index is 13.0. The first-order valence-electron chi connectivity index (χ1n) is 9.04. The number of oxazole rings is 1. The highest BCUT2D eigenvalue weighted by Gasteiger charge is 2.36. The number of hydrogen-bond donors (Lipinski definition) is 1. The molecular weight excluding hydrogens is 318 g/mol. The molecule has 0 saturated carbocycles. The number of rotatable bonds is 7. The molecule has 1 aromatic heterocycles. The van der Waals surface area contributed by atoms with Crippen molar-refractivity contribution >= 4 is 22.9 Å². The Balaban J connectivity index is 1.81. The normalized spacial score (nSPS) is 18.6. The fraction of sp³-hybridized carbons (Fsp3) is 0.526. The van der Waals surface area contributed by atoms with E-state index in [2.05, 4.69) is 11.9 Å². The zero-order valence-electron chi connectivity index (χ0n) is 14.6. The number of amides is 2. The van der Waals surface area contributed by atoms with Crippen molar-refractivity contribution in [1.82, 2.24) is 9.88 Å². The Bertz CT molecular complexity index is 722. The van der Waals surface area contributed by atoms with Crippen LogP contribution in [-0.2, 0) is 9.59 Å². The zero-order chi connectivity index (χ0) is 17.8. The summed E-state index contributed by atoms with van der Waals surface area (Å²) in [6.45, 7) is 2.74. The minimum absolute atomic E-state index is 0.00277. The summed E-state index contributed by atoms with van der Waals surface area (Å²) in [5, 5.41) is 0. The first-order chi connectivity index (χ1) is 12.1. The number of fused-ring (bicyclic) bond motifs is 1. The third-order valence-corrected chi connectivity index (χ3v) is 4.83. The molecule has 2 unspecified atom stereocenters. The van der Waals surface area contributed by atoms with Crippen molar-refractivity contribution in [2.75, 3.05) is 6.54 Å². The molecule has 0 radical (unpaired) electrons. The standard InChI is InChI=1S/C19H25N3O3/c1-2-3-7-13(12-17(20)23)19(24)22-11-6-9-15(22)18-21-14-8-4-5-10-16(14)25-18/h4-5,8,10,13,15H,2-3,6-7,9,11-12H2,1H3,(H2,20,23). The zero-order valence-corrected chi connectivity index (χ0v) is 14.6. The molecule has 1 aliphatic heterocycles. The average Bonchev–Trinajstić information content (AvgIpc) is 3.23. The molecule has 2 heterocycles. The second-order valence-corrected chi connectivity index (χ2v) is 6.72. The molecular formula is C19H25N3O3. The van der Waals surface area contributed by atoms with Gasteiger partial charge < -0.3 is 15.1 Å². The highest BCUT2D eigenvalue weighted by atomic mass is 16.3. The van der Waals surface area contributed by atoms with Gasteiger partial charge in [-0.15, -0.1) is 0 Å². The second kappa shape index (κ2) is 7.68. The lowest BCUT2D eigenvalue weighted by atomic mass is 9.96. The van der Waals surface area contributed by atoms with E-state index in [9.17, 15) is 9.59 Å². The van der Waals surface area contributed by atoms with Crippen molar-refractivity contribution in [3.05, 3.63) is 30.2 Å². The van der Waals surface area contributed by atoms with Gasteiger partial charge in [-0.1, -0.05) is 31.9 Å². The van der Waals surface area contributed by atoms with Crippen LogP contribution in [0.5, 0.6) is 0 Å². The predicted molar refractivity (Wildman–Crippen MR) is 94.5 cm³/mol. The number of carbonyl (C=O) groups is 2. The summed E-state index contributed by atoms with van der Waals surface area (Å²) in [7, 11) is 0. The van der Waals surface area contributed by atoms with E-state index in [1.807, 2.05) is 29.2 Å². The van der Waals surface area contributed by atoms with Crippen LogP contribution in [0.2, 0.25) is 0 Å². The highest BCUT2D eigenvalue weighted by Crippen LogP contribution is 2.35. The number of para-hydroxylation sites is 2. The van der Waals surface area contributed by atoms with Crippen LogP contribution >= 0.6 is 0 Å². The first-order valence-corrected chi connectivity index (χ1v) is 9.04. The maximum Gasteiger partial charge on any atom is 0.226 e. The van der Waals surface area contributed by atoms with Crippen LogP contribution in [0.3, 0.4) is 0 Å². The van der Waals surface area contributed by atoms with Crippen LogP contribution in [0.4, 0.5) is 0 Å². The van der Waals surface area contributed by atoms with Crippen LogP contribution < -0.4 is 5.73 Å². The molecule has 1 fully saturated rings. The SMILES string of the molecule is CCCCC(CC(N)=O)C(=O)N1CCCC1c1nc2ccccc2o1. The Hall–Kier alpha value is -2.37. The Morgan fingerprint density at radius 3 is 2.92 bits per heavy atom. The van der Waals surface area contributed by atoms with Crippen molar-refractivity contribution in [2.45, 2.75) is 51.5 Å². The molecule has 2 amide bonds. The number of nitrogens with zero attached hydrogens (tertiary/aromatic N) is 2. The molecule has 2 aromatic rings. The lowest BCUT2D eigenvalue weighted by Gasteiger charge is -2.27. The van der Waals surface area contributed by atoms with Crippen LogP contribution in [-0.4, -0.2) is 28.2 Å². The minimum Gasteiger partial charge on any atom is -0.438 e. The molecule has 0 bridgehead atoms. The van der Waals surface area contributed by atoms with Crippen LogP contribution in [0.1, 0.15) is 57.4 Å². The van der Waals surface area contributed by atoms with Crippen molar-refractivity contribution in [1.29, 1.82) is 0 Å². The van der Waals surface area contributed by atoms with E-state index >= 15 is 0 Å². The van der Waals surface area contributed by atoms with Gasteiger partial charge in [0.2, 0.25) is 17.7 Å². The third-order valence-electron chi connectivity index (χ3n) is 4.83. The molecule has 2 atom stereocenters. The Labute approximate surface area is 147 Å². The average molecular weight is 343 g/mol. The van der Waals surface area contributed by atoms with E-state index in [0.717, 1.165) is 36.8 Å². The van der Waals surface area contributed by atoms with Gasteiger partial charge in [0.05, 0.1) is 0 Å². The van der Waals surface area contributed by atoms with Crippen molar-refractivity contribution < 1.29 is 14.0 Å². The predicted octanol–water partition coefficient (Wildman–Crippen LogP) is 3.17. The number of likely N-dealkylation sites (tertiary alicyclic amines) is 1. The number of carbonyl (C=O) groups excluding carboxylic acids is 2. The molecule has 1 saturated heterocycles. The summed E-state index contributed by atoms with van der Waals surface area (Å²) < 4.78 is 5.88. The number of aromatic nitrogens is 1. The quantitative estimate of drug-likeness (QED) is 0.836. The molecule has 6 heteroatoms. The third kappa shape index (κ3) is 3.83. The van der Waals surface area contributed by atoms with E-state index < -0.39 is 5.91 Å². The fourth-order valence-electron chi connectivity index (χ4n) is 3.56. The van der Waals surface area contributed by atoms with Gasteiger partial charge in [-0.3, -0.25) is 9.59 Å². The monoisotopic (exact) mass is 343 g/mol. The Morgan fingerprint density at radius 1 is 1.40 bits per heavy atom. The molecule has 25 heavy (non-hydrogen) atoms. The van der Waals surface area contributed by atoms with E-state index in [-0.39, 0.29) is 24.3 Å². The summed E-state index contributed by atoms with van der Waals surface area (Å²) >= 11 is 0. The van der Waals surface area contributed by atoms with Crippen LogP contribution in [0.25, 0.3) is 11.1 Å². The van der Waals surface area contributed by atoms with Gasteiger partial charge in [0, 0.05) is 18.9 Å². The molecule has 3 rings (SSSR count). The number of unbranched alkanes of at least 4 members (excludes halogenated alkanes) is 1. The number of benzene rings is 1. The van der Waals surface area contributed by atoms with Gasteiger partial charge >= 0.3 is 0 Å². The maximum atomic E-state index is 13.0. The fourth-order valence-corrected chi connectivity index (χ4v) is 3.56. The van der Waals surface area contributed by atoms with Gasteiger partial charge in [-0.2, -0.15) is 0 Å². The largest absolute Gasteiger partial charge is 0.438 e. The first kappa shape index (κ1) is 17.5. The lowest BCUT2D eigenvalue weighted by Crippen LogP contribution is -2.37. The summed E-state index contributed by atoms with van der Waals surface area (Å²) in [4.78, 5) is 30.8. The molecule has 2 N–H and O–H groups in total. The van der Waals surface area contributed by atoms with Crippen molar-refractivity contribution in [3.63, 3.8) is 0 Å². The van der Waals surface area contributed by atoms with E-state index in [1.54, 1.807) is 0 Å². The van der Waals surface area contributed by atoms with Gasteiger partial charge in [-0.25, -0.2) is 4.98 Å². The molecule has 0 spiro atoms. The van der Waals surface area contributed by atoms with E-state index in [4.69, 9.17) is 10.2 Å². The topological polar surface area (TPSA) is 89.4 Å². The van der Waals surface area contributed by atoms with E-state index in [1.165, 1.54) is 0 Å². The highest BCUT2D eigenvalue weighted by molar-refractivity contribution is 5.85. The second-order valence-electron chi connectivity index (χ2n) is 6.72. The Morgan fingerprint density at radius 2 is 2.20 bits per heavy atom. The Kier molecular flexibility index (Phi) is 5.36. The molecule has 1 aromatic carbocycles. The number of hydrogen-bond acceptors (Lipinski definition) is 4. The summed E-state index contributed by atoms with van der Waals surface area (Å²) in [6, 6.07) is 7.45. The van der Waals surface area contributed by atoms with Crippen LogP contribution in [0.15, 0.2) is 28.7 Å².